The van der Waals surface area contributed by atoms with E-state index in [0.717, 1.165) is 28.1 Å². The molecule has 1 aromatic heterocycles. The molecular weight excluding hydrogens is 330 g/mol. The van der Waals surface area contributed by atoms with E-state index in [1.807, 2.05) is 58.9 Å². The molecule has 0 fully saturated rings. The van der Waals surface area contributed by atoms with E-state index in [1.54, 1.807) is 6.33 Å². The Balaban J connectivity index is 1.41. The van der Waals surface area contributed by atoms with E-state index in [4.69, 9.17) is 9.47 Å². The van der Waals surface area contributed by atoms with Crippen molar-refractivity contribution < 1.29 is 14.3 Å². The van der Waals surface area contributed by atoms with Crippen molar-refractivity contribution in [3.05, 3.63) is 54.4 Å². The van der Waals surface area contributed by atoms with E-state index in [1.165, 1.54) is 0 Å². The van der Waals surface area contributed by atoms with Gasteiger partial charge in [0.1, 0.15) is 0 Å². The maximum atomic E-state index is 12.7. The molecule has 0 unspecified atom stereocenters. The third-order valence-corrected chi connectivity index (χ3v) is 4.64. The Kier molecular flexibility index (Phi) is 4.48. The number of hydrogen-bond donors (Lipinski definition) is 0. The van der Waals surface area contributed by atoms with Gasteiger partial charge >= 0.3 is 0 Å². The summed E-state index contributed by atoms with van der Waals surface area (Å²) < 4.78 is 12.8. The van der Waals surface area contributed by atoms with E-state index in [2.05, 4.69) is 4.98 Å². The maximum Gasteiger partial charge on any atom is 0.231 e. The lowest BCUT2D eigenvalue weighted by Crippen LogP contribution is -2.30. The molecule has 0 spiro atoms. The van der Waals surface area contributed by atoms with Crippen LogP contribution in [0.15, 0.2) is 48.8 Å². The minimum absolute atomic E-state index is 0.128. The van der Waals surface area contributed by atoms with Crippen LogP contribution in [0.25, 0.3) is 11.0 Å². The smallest absolute Gasteiger partial charge is 0.231 e. The van der Waals surface area contributed by atoms with Gasteiger partial charge in [0.05, 0.1) is 17.4 Å². The van der Waals surface area contributed by atoms with Gasteiger partial charge in [-0.2, -0.15) is 0 Å². The zero-order valence-corrected chi connectivity index (χ0v) is 14.7. The summed E-state index contributed by atoms with van der Waals surface area (Å²) in [6.45, 7) is 4.11. The third-order valence-electron chi connectivity index (χ3n) is 4.64. The first kappa shape index (κ1) is 16.4. The Bertz CT molecular complexity index is 935. The highest BCUT2D eigenvalue weighted by atomic mass is 16.7. The molecule has 0 atom stereocenters. The SMILES string of the molecule is CCN(Cc1ccc2c(c1)OCO2)C(=O)CCn1cnc2ccccc21. The molecule has 26 heavy (non-hydrogen) atoms. The van der Waals surface area contributed by atoms with Gasteiger partial charge in [0, 0.05) is 26.1 Å². The van der Waals surface area contributed by atoms with Gasteiger partial charge in [-0.05, 0) is 36.8 Å². The number of ether oxygens (including phenoxy) is 2. The second-order valence-electron chi connectivity index (χ2n) is 6.27. The van der Waals surface area contributed by atoms with Crippen LogP contribution in [0.1, 0.15) is 18.9 Å². The molecule has 0 saturated carbocycles. The van der Waals surface area contributed by atoms with Crippen molar-refractivity contribution in [2.45, 2.75) is 26.4 Å². The molecule has 1 amide bonds. The molecule has 1 aliphatic heterocycles. The number of imidazole rings is 1. The number of nitrogens with zero attached hydrogens (tertiary/aromatic N) is 3. The zero-order valence-electron chi connectivity index (χ0n) is 14.7. The average Bonchev–Trinajstić information content (AvgIpc) is 3.30. The van der Waals surface area contributed by atoms with Gasteiger partial charge in [-0.3, -0.25) is 4.79 Å². The zero-order chi connectivity index (χ0) is 17.9. The number of para-hydroxylation sites is 2. The first-order valence-corrected chi connectivity index (χ1v) is 8.81. The fourth-order valence-electron chi connectivity index (χ4n) is 3.20. The molecule has 2 heterocycles. The Labute approximate surface area is 152 Å². The molecule has 3 aromatic rings. The van der Waals surface area contributed by atoms with Crippen molar-refractivity contribution in [2.75, 3.05) is 13.3 Å². The number of rotatable bonds is 6. The number of carbonyl (C=O) groups excluding carboxylic acids is 1. The topological polar surface area (TPSA) is 56.6 Å². The second-order valence-corrected chi connectivity index (χ2v) is 6.27. The van der Waals surface area contributed by atoms with E-state index < -0.39 is 0 Å². The summed E-state index contributed by atoms with van der Waals surface area (Å²) in [5.74, 6) is 1.63. The highest BCUT2D eigenvalue weighted by Crippen LogP contribution is 2.32. The van der Waals surface area contributed by atoms with Crippen LogP contribution in [0.2, 0.25) is 0 Å². The fourth-order valence-corrected chi connectivity index (χ4v) is 3.20. The quantitative estimate of drug-likeness (QED) is 0.684. The highest BCUT2D eigenvalue weighted by molar-refractivity contribution is 5.77. The van der Waals surface area contributed by atoms with Crippen LogP contribution in [0.4, 0.5) is 0 Å². The van der Waals surface area contributed by atoms with Crippen LogP contribution in [0, 0.1) is 0 Å². The number of carbonyl (C=O) groups is 1. The summed E-state index contributed by atoms with van der Waals surface area (Å²) in [7, 11) is 0. The van der Waals surface area contributed by atoms with Crippen molar-refractivity contribution >= 4 is 16.9 Å². The number of amides is 1. The largest absolute Gasteiger partial charge is 0.454 e. The first-order valence-electron chi connectivity index (χ1n) is 8.81. The van der Waals surface area contributed by atoms with Gasteiger partial charge in [0.25, 0.3) is 0 Å². The molecular formula is C20H21N3O3. The van der Waals surface area contributed by atoms with Gasteiger partial charge < -0.3 is 18.9 Å². The molecule has 134 valence electrons. The van der Waals surface area contributed by atoms with Crippen LogP contribution in [0.5, 0.6) is 11.5 Å². The van der Waals surface area contributed by atoms with E-state index >= 15 is 0 Å². The molecule has 2 aromatic carbocycles. The molecule has 6 heteroatoms. The normalized spacial score (nSPS) is 12.5. The predicted molar refractivity (Wildman–Crippen MR) is 98.0 cm³/mol. The number of benzene rings is 2. The minimum Gasteiger partial charge on any atom is -0.454 e. The number of aryl methyl sites for hydroxylation is 1. The molecule has 1 aliphatic rings. The summed E-state index contributed by atoms with van der Waals surface area (Å²) in [6.07, 6.45) is 2.24. The summed E-state index contributed by atoms with van der Waals surface area (Å²) in [5, 5.41) is 0. The van der Waals surface area contributed by atoms with Crippen LogP contribution >= 0.6 is 0 Å². The molecule has 0 aliphatic carbocycles. The maximum absolute atomic E-state index is 12.7. The van der Waals surface area contributed by atoms with Crippen molar-refractivity contribution in [3.63, 3.8) is 0 Å². The van der Waals surface area contributed by atoms with Crippen LogP contribution in [-0.2, 0) is 17.9 Å². The lowest BCUT2D eigenvalue weighted by Gasteiger charge is -2.21. The van der Waals surface area contributed by atoms with Crippen LogP contribution in [0.3, 0.4) is 0 Å². The lowest BCUT2D eigenvalue weighted by molar-refractivity contribution is -0.131. The summed E-state index contributed by atoms with van der Waals surface area (Å²) >= 11 is 0. The summed E-state index contributed by atoms with van der Waals surface area (Å²) in [4.78, 5) is 18.9. The summed E-state index contributed by atoms with van der Waals surface area (Å²) in [6, 6.07) is 13.8. The molecule has 6 nitrogen and oxygen atoms in total. The van der Waals surface area contributed by atoms with Crippen LogP contribution in [-0.4, -0.2) is 33.7 Å². The fraction of sp³-hybridized carbons (Fsp3) is 0.300. The van der Waals surface area contributed by atoms with Gasteiger partial charge in [0.2, 0.25) is 12.7 Å². The number of aromatic nitrogens is 2. The van der Waals surface area contributed by atoms with Crippen molar-refractivity contribution in [1.82, 2.24) is 14.5 Å². The van der Waals surface area contributed by atoms with Gasteiger partial charge in [-0.1, -0.05) is 18.2 Å². The van der Waals surface area contributed by atoms with Gasteiger partial charge in [-0.25, -0.2) is 4.98 Å². The van der Waals surface area contributed by atoms with E-state index in [-0.39, 0.29) is 12.7 Å². The Morgan fingerprint density at radius 1 is 1.19 bits per heavy atom. The highest BCUT2D eigenvalue weighted by Gasteiger charge is 2.17. The van der Waals surface area contributed by atoms with Gasteiger partial charge in [0.15, 0.2) is 11.5 Å². The number of fused-ring (bicyclic) bond motifs is 2. The Hall–Kier alpha value is -3.02. The van der Waals surface area contributed by atoms with Crippen molar-refractivity contribution in [1.29, 1.82) is 0 Å². The van der Waals surface area contributed by atoms with Crippen LogP contribution < -0.4 is 9.47 Å². The predicted octanol–water partition coefficient (Wildman–Crippen LogP) is 3.20. The Morgan fingerprint density at radius 2 is 2.04 bits per heavy atom. The van der Waals surface area contributed by atoms with Crippen molar-refractivity contribution in [3.8, 4) is 11.5 Å². The summed E-state index contributed by atoms with van der Waals surface area (Å²) in [5.41, 5.74) is 3.05. The monoisotopic (exact) mass is 351 g/mol. The minimum atomic E-state index is 0.128. The first-order chi connectivity index (χ1) is 12.7. The average molecular weight is 351 g/mol. The second kappa shape index (κ2) is 7.07. The van der Waals surface area contributed by atoms with E-state index in [9.17, 15) is 4.79 Å². The molecule has 4 rings (SSSR count). The third kappa shape index (κ3) is 3.22. The van der Waals surface area contributed by atoms with Gasteiger partial charge in [-0.15, -0.1) is 0 Å². The van der Waals surface area contributed by atoms with E-state index in [0.29, 0.717) is 26.1 Å². The Morgan fingerprint density at radius 3 is 2.92 bits per heavy atom. The lowest BCUT2D eigenvalue weighted by atomic mass is 10.2. The molecule has 0 saturated heterocycles. The number of hydrogen-bond acceptors (Lipinski definition) is 4. The molecule has 0 bridgehead atoms. The molecule has 0 radical (unpaired) electrons. The molecule has 0 N–H and O–H groups in total. The van der Waals surface area contributed by atoms with Crippen molar-refractivity contribution in [2.24, 2.45) is 0 Å². The standard InChI is InChI=1S/C20H21N3O3/c1-2-22(12-15-7-8-18-19(11-15)26-14-25-18)20(24)9-10-23-13-21-16-5-3-4-6-17(16)23/h3-8,11,13H,2,9-10,12,14H2,1H3.